The van der Waals surface area contributed by atoms with Crippen LogP contribution in [0.4, 0.5) is 4.39 Å². The molecule has 0 fully saturated rings. The minimum atomic E-state index is -0.145. The zero-order valence-corrected chi connectivity index (χ0v) is 9.77. The fourth-order valence-corrected chi connectivity index (χ4v) is 3.77. The fraction of sp³-hybridized carbons (Fsp3) is 0.273. The van der Waals surface area contributed by atoms with Crippen molar-refractivity contribution in [3.8, 4) is 0 Å². The van der Waals surface area contributed by atoms with E-state index in [2.05, 4.69) is 6.92 Å². The van der Waals surface area contributed by atoms with Crippen molar-refractivity contribution in [2.45, 2.75) is 18.2 Å². The van der Waals surface area contributed by atoms with Crippen LogP contribution in [0.2, 0.25) is 0 Å². The van der Waals surface area contributed by atoms with Gasteiger partial charge in [0, 0.05) is 19.9 Å². The van der Waals surface area contributed by atoms with Crippen LogP contribution in [0.25, 0.3) is 10.1 Å². The van der Waals surface area contributed by atoms with Crippen LogP contribution in [0.5, 0.6) is 0 Å². The molecule has 0 saturated carbocycles. The zero-order valence-electron chi connectivity index (χ0n) is 8.13. The highest BCUT2D eigenvalue weighted by Gasteiger charge is 2.10. The largest absolute Gasteiger partial charge is 0.207 e. The monoisotopic (exact) mass is 226 g/mol. The second-order valence-corrected chi connectivity index (χ2v) is 5.01. The molecule has 0 nitrogen and oxygen atoms in total. The molecule has 1 aromatic carbocycles. The molecule has 0 N–H and O–H groups in total. The van der Waals surface area contributed by atoms with Crippen molar-refractivity contribution in [3.05, 3.63) is 28.9 Å². The van der Waals surface area contributed by atoms with Crippen molar-refractivity contribution in [1.82, 2.24) is 0 Å². The first-order valence-corrected chi connectivity index (χ1v) is 6.55. The van der Waals surface area contributed by atoms with Crippen LogP contribution in [0, 0.1) is 5.82 Å². The average Bonchev–Trinajstić information content (AvgIpc) is 2.54. The summed E-state index contributed by atoms with van der Waals surface area (Å²) in [7, 11) is 0. The summed E-state index contributed by atoms with van der Waals surface area (Å²) < 4.78 is 14.2. The number of rotatable bonds is 2. The van der Waals surface area contributed by atoms with Crippen molar-refractivity contribution >= 4 is 33.2 Å². The van der Waals surface area contributed by atoms with E-state index in [0.29, 0.717) is 0 Å². The topological polar surface area (TPSA) is 0 Å². The molecule has 0 aliphatic heterocycles. The van der Waals surface area contributed by atoms with E-state index in [1.54, 1.807) is 29.2 Å². The van der Waals surface area contributed by atoms with Crippen LogP contribution >= 0.6 is 23.1 Å². The molecule has 74 valence electrons. The van der Waals surface area contributed by atoms with Gasteiger partial charge in [-0.05, 0) is 30.9 Å². The number of aryl methyl sites for hydroxylation is 1. The second-order valence-electron chi connectivity index (χ2n) is 3.05. The first-order valence-electron chi connectivity index (χ1n) is 4.51. The standard InChI is InChI=1S/C11H11FS2/c1-3-9-11(13-2)8-6-7(12)4-5-10(8)14-9/h4-6H,3H2,1-2H3. The Kier molecular flexibility index (Phi) is 2.79. The van der Waals surface area contributed by atoms with Crippen molar-refractivity contribution in [1.29, 1.82) is 0 Å². The maximum Gasteiger partial charge on any atom is 0.123 e. The van der Waals surface area contributed by atoms with E-state index in [9.17, 15) is 4.39 Å². The lowest BCUT2D eigenvalue weighted by molar-refractivity contribution is 0.629. The SMILES string of the molecule is CCc1sc2ccc(F)cc2c1SC. The van der Waals surface area contributed by atoms with E-state index in [1.807, 2.05) is 12.3 Å². The molecule has 0 bridgehead atoms. The van der Waals surface area contributed by atoms with E-state index >= 15 is 0 Å². The lowest BCUT2D eigenvalue weighted by atomic mass is 10.2. The predicted octanol–water partition coefficient (Wildman–Crippen LogP) is 4.32. The van der Waals surface area contributed by atoms with Gasteiger partial charge in [-0.2, -0.15) is 0 Å². The Labute approximate surface area is 91.1 Å². The lowest BCUT2D eigenvalue weighted by Crippen LogP contribution is -1.76. The first kappa shape index (κ1) is 9.99. The number of thiophene rings is 1. The van der Waals surface area contributed by atoms with E-state index < -0.39 is 0 Å². The van der Waals surface area contributed by atoms with Crippen LogP contribution in [0.15, 0.2) is 23.1 Å². The molecular formula is C11H11FS2. The number of hydrogen-bond acceptors (Lipinski definition) is 2. The molecule has 14 heavy (non-hydrogen) atoms. The van der Waals surface area contributed by atoms with Gasteiger partial charge in [0.05, 0.1) is 0 Å². The molecule has 0 amide bonds. The number of thioether (sulfide) groups is 1. The van der Waals surface area contributed by atoms with Crippen LogP contribution in [-0.4, -0.2) is 6.26 Å². The van der Waals surface area contributed by atoms with Crippen LogP contribution < -0.4 is 0 Å². The quantitative estimate of drug-likeness (QED) is 0.687. The normalized spacial score (nSPS) is 11.1. The summed E-state index contributed by atoms with van der Waals surface area (Å²) in [5.41, 5.74) is 0. The summed E-state index contributed by atoms with van der Waals surface area (Å²) in [4.78, 5) is 2.60. The Morgan fingerprint density at radius 3 is 2.86 bits per heavy atom. The Hall–Kier alpha value is -0.540. The van der Waals surface area contributed by atoms with Crippen LogP contribution in [-0.2, 0) is 6.42 Å². The maximum atomic E-state index is 13.1. The third-order valence-electron chi connectivity index (χ3n) is 2.20. The minimum Gasteiger partial charge on any atom is -0.207 e. The molecule has 1 heterocycles. The summed E-state index contributed by atoms with van der Waals surface area (Å²) in [5.74, 6) is -0.145. The summed E-state index contributed by atoms with van der Waals surface area (Å²) in [5, 5.41) is 1.07. The Balaban J connectivity index is 2.74. The van der Waals surface area contributed by atoms with Crippen molar-refractivity contribution in [2.24, 2.45) is 0 Å². The van der Waals surface area contributed by atoms with Gasteiger partial charge in [0.2, 0.25) is 0 Å². The molecule has 0 radical (unpaired) electrons. The highest BCUT2D eigenvalue weighted by Crippen LogP contribution is 2.37. The fourth-order valence-electron chi connectivity index (χ4n) is 1.55. The molecule has 0 atom stereocenters. The summed E-state index contributed by atoms with van der Waals surface area (Å²) in [6.45, 7) is 2.14. The smallest absolute Gasteiger partial charge is 0.123 e. The third-order valence-corrected chi connectivity index (χ3v) is 4.52. The number of fused-ring (bicyclic) bond motifs is 1. The molecule has 2 aromatic rings. The third kappa shape index (κ3) is 1.55. The summed E-state index contributed by atoms with van der Waals surface area (Å²) in [6.07, 6.45) is 3.07. The maximum absolute atomic E-state index is 13.1. The first-order chi connectivity index (χ1) is 6.76. The van der Waals surface area contributed by atoms with Crippen LogP contribution in [0.1, 0.15) is 11.8 Å². The summed E-state index contributed by atoms with van der Waals surface area (Å²) in [6, 6.07) is 5.04. The molecule has 0 saturated heterocycles. The Bertz CT molecular complexity index is 460. The Morgan fingerprint density at radius 1 is 1.43 bits per heavy atom. The van der Waals surface area contributed by atoms with Gasteiger partial charge in [-0.15, -0.1) is 23.1 Å². The van der Waals surface area contributed by atoms with Crippen molar-refractivity contribution in [3.63, 3.8) is 0 Å². The number of benzene rings is 1. The van der Waals surface area contributed by atoms with Crippen molar-refractivity contribution in [2.75, 3.05) is 6.26 Å². The molecule has 0 aliphatic rings. The van der Waals surface area contributed by atoms with E-state index in [1.165, 1.54) is 20.5 Å². The molecule has 0 spiro atoms. The zero-order chi connectivity index (χ0) is 10.1. The highest BCUT2D eigenvalue weighted by molar-refractivity contribution is 7.99. The van der Waals surface area contributed by atoms with Gasteiger partial charge in [-0.3, -0.25) is 0 Å². The molecule has 2 rings (SSSR count). The van der Waals surface area contributed by atoms with Gasteiger partial charge in [0.25, 0.3) is 0 Å². The van der Waals surface area contributed by atoms with Gasteiger partial charge in [-0.1, -0.05) is 6.92 Å². The molecule has 1 aromatic heterocycles. The molecule has 0 unspecified atom stereocenters. The second kappa shape index (κ2) is 3.91. The van der Waals surface area contributed by atoms with E-state index in [0.717, 1.165) is 11.8 Å². The number of hydrogen-bond donors (Lipinski definition) is 0. The van der Waals surface area contributed by atoms with Gasteiger partial charge in [0.1, 0.15) is 5.82 Å². The minimum absolute atomic E-state index is 0.145. The highest BCUT2D eigenvalue weighted by atomic mass is 32.2. The molecule has 0 aliphatic carbocycles. The van der Waals surface area contributed by atoms with Gasteiger partial charge in [-0.25, -0.2) is 4.39 Å². The lowest BCUT2D eigenvalue weighted by Gasteiger charge is -1.96. The van der Waals surface area contributed by atoms with E-state index in [-0.39, 0.29) is 5.82 Å². The average molecular weight is 226 g/mol. The van der Waals surface area contributed by atoms with Crippen molar-refractivity contribution < 1.29 is 4.39 Å². The molecule has 3 heteroatoms. The molecular weight excluding hydrogens is 215 g/mol. The predicted molar refractivity (Wildman–Crippen MR) is 62.9 cm³/mol. The Morgan fingerprint density at radius 2 is 2.21 bits per heavy atom. The number of halogens is 1. The van der Waals surface area contributed by atoms with Gasteiger partial charge < -0.3 is 0 Å². The van der Waals surface area contributed by atoms with E-state index in [4.69, 9.17) is 0 Å². The summed E-state index contributed by atoms with van der Waals surface area (Å²) >= 11 is 3.48. The van der Waals surface area contributed by atoms with Gasteiger partial charge >= 0.3 is 0 Å². The van der Waals surface area contributed by atoms with Crippen LogP contribution in [0.3, 0.4) is 0 Å². The van der Waals surface area contributed by atoms with Gasteiger partial charge in [0.15, 0.2) is 0 Å².